The number of hydrogen-bond donors (Lipinski definition) is 2. The van der Waals surface area contributed by atoms with E-state index in [0.717, 1.165) is 19.3 Å². The zero-order valence-corrected chi connectivity index (χ0v) is 10.4. The molecular weight excluding hydrogens is 236 g/mol. The van der Waals surface area contributed by atoms with Crippen LogP contribution in [0.25, 0.3) is 0 Å². The summed E-state index contributed by atoms with van der Waals surface area (Å²) >= 11 is 0. The third-order valence-corrected chi connectivity index (χ3v) is 3.61. The highest BCUT2D eigenvalue weighted by atomic mass is 16.4. The Labute approximate surface area is 106 Å². The fourth-order valence-corrected chi connectivity index (χ4v) is 2.37. The number of aliphatic carboxylic acids is 1. The van der Waals surface area contributed by atoms with E-state index in [1.54, 1.807) is 9.80 Å². The number of rotatable bonds is 5. The van der Waals surface area contributed by atoms with Gasteiger partial charge in [-0.05, 0) is 19.3 Å². The van der Waals surface area contributed by atoms with Gasteiger partial charge in [-0.2, -0.15) is 0 Å². The zero-order valence-electron chi connectivity index (χ0n) is 10.4. The van der Waals surface area contributed by atoms with Gasteiger partial charge in [0.1, 0.15) is 0 Å². The average Bonchev–Trinajstić information content (AvgIpc) is 3.06. The van der Waals surface area contributed by atoms with E-state index in [0.29, 0.717) is 19.6 Å². The van der Waals surface area contributed by atoms with Crippen LogP contribution in [0, 0.1) is 5.92 Å². The van der Waals surface area contributed by atoms with E-state index in [4.69, 9.17) is 10.2 Å². The summed E-state index contributed by atoms with van der Waals surface area (Å²) in [6.45, 7) is 1.66. The minimum absolute atomic E-state index is 0.000488. The third-order valence-electron chi connectivity index (χ3n) is 3.61. The van der Waals surface area contributed by atoms with E-state index in [-0.39, 0.29) is 31.0 Å². The summed E-state index contributed by atoms with van der Waals surface area (Å²) in [6.07, 6.45) is 2.78. The molecule has 2 N–H and O–H groups in total. The van der Waals surface area contributed by atoms with Gasteiger partial charge in [-0.1, -0.05) is 0 Å². The molecule has 2 rings (SSSR count). The average molecular weight is 256 g/mol. The molecule has 1 saturated heterocycles. The number of urea groups is 1. The number of nitrogens with zero attached hydrogens (tertiary/aromatic N) is 2. The molecule has 18 heavy (non-hydrogen) atoms. The number of carboxylic acids is 1. The number of amides is 2. The Morgan fingerprint density at radius 3 is 2.50 bits per heavy atom. The molecule has 1 saturated carbocycles. The van der Waals surface area contributed by atoms with Crippen molar-refractivity contribution >= 4 is 12.0 Å². The quantitative estimate of drug-likeness (QED) is 0.744. The van der Waals surface area contributed by atoms with E-state index in [2.05, 4.69) is 0 Å². The van der Waals surface area contributed by atoms with Gasteiger partial charge >= 0.3 is 12.0 Å². The van der Waals surface area contributed by atoms with Gasteiger partial charge in [0.25, 0.3) is 0 Å². The van der Waals surface area contributed by atoms with Crippen LogP contribution >= 0.6 is 0 Å². The van der Waals surface area contributed by atoms with Crippen molar-refractivity contribution in [1.29, 1.82) is 0 Å². The van der Waals surface area contributed by atoms with Crippen LogP contribution in [-0.4, -0.2) is 64.3 Å². The summed E-state index contributed by atoms with van der Waals surface area (Å²) in [5, 5.41) is 17.8. The van der Waals surface area contributed by atoms with Crippen LogP contribution in [0.15, 0.2) is 0 Å². The van der Waals surface area contributed by atoms with Crippen LogP contribution in [-0.2, 0) is 4.79 Å². The first-order chi connectivity index (χ1) is 8.61. The predicted molar refractivity (Wildman–Crippen MR) is 64.1 cm³/mol. The van der Waals surface area contributed by atoms with E-state index in [1.165, 1.54) is 0 Å². The lowest BCUT2D eigenvalue weighted by Crippen LogP contribution is -2.44. The van der Waals surface area contributed by atoms with Gasteiger partial charge < -0.3 is 20.0 Å². The maximum atomic E-state index is 12.3. The monoisotopic (exact) mass is 256 g/mol. The number of likely N-dealkylation sites (tertiary alicyclic amines) is 1. The van der Waals surface area contributed by atoms with E-state index in [9.17, 15) is 9.59 Å². The lowest BCUT2D eigenvalue weighted by atomic mass is 10.1. The van der Waals surface area contributed by atoms with Gasteiger partial charge in [-0.15, -0.1) is 0 Å². The first-order valence-electron chi connectivity index (χ1n) is 6.50. The topological polar surface area (TPSA) is 81.1 Å². The highest BCUT2D eigenvalue weighted by Crippen LogP contribution is 2.29. The standard InChI is InChI=1S/C12H20N2O4/c15-8-9-3-5-13(7-9)12(18)14(10-1-2-10)6-4-11(16)17/h9-10,15H,1-8H2,(H,16,17). The molecular formula is C12H20N2O4. The molecule has 1 aliphatic heterocycles. The van der Waals surface area contributed by atoms with Crippen LogP contribution in [0.3, 0.4) is 0 Å². The largest absolute Gasteiger partial charge is 0.481 e. The Morgan fingerprint density at radius 1 is 1.28 bits per heavy atom. The van der Waals surface area contributed by atoms with Crippen LogP contribution < -0.4 is 0 Å². The second-order valence-corrected chi connectivity index (χ2v) is 5.13. The smallest absolute Gasteiger partial charge is 0.320 e. The Morgan fingerprint density at radius 2 is 2.00 bits per heavy atom. The summed E-state index contributed by atoms with van der Waals surface area (Å²) in [6, 6.07) is 0.166. The second kappa shape index (κ2) is 5.56. The maximum Gasteiger partial charge on any atom is 0.320 e. The van der Waals surface area contributed by atoms with Crippen molar-refractivity contribution in [2.75, 3.05) is 26.2 Å². The Kier molecular flexibility index (Phi) is 4.06. The van der Waals surface area contributed by atoms with Crippen molar-refractivity contribution in [3.05, 3.63) is 0 Å². The number of carbonyl (C=O) groups excluding carboxylic acids is 1. The molecule has 1 aliphatic carbocycles. The maximum absolute atomic E-state index is 12.3. The van der Waals surface area contributed by atoms with Gasteiger partial charge in [0, 0.05) is 38.2 Å². The fourth-order valence-electron chi connectivity index (χ4n) is 2.37. The first kappa shape index (κ1) is 13.1. The molecule has 1 heterocycles. The Balaban J connectivity index is 1.89. The van der Waals surface area contributed by atoms with Gasteiger partial charge in [0.2, 0.25) is 0 Å². The van der Waals surface area contributed by atoms with Gasteiger partial charge in [-0.3, -0.25) is 4.79 Å². The molecule has 2 amide bonds. The summed E-state index contributed by atoms with van der Waals surface area (Å²) in [5.74, 6) is -0.697. The highest BCUT2D eigenvalue weighted by molar-refractivity contribution is 5.76. The number of hydrogen-bond acceptors (Lipinski definition) is 3. The van der Waals surface area contributed by atoms with Crippen LogP contribution in [0.2, 0.25) is 0 Å². The Hall–Kier alpha value is -1.30. The van der Waals surface area contributed by atoms with Gasteiger partial charge in [0.15, 0.2) is 0 Å². The molecule has 0 bridgehead atoms. The lowest BCUT2D eigenvalue weighted by Gasteiger charge is -2.27. The molecule has 102 valence electrons. The normalized spacial score (nSPS) is 23.2. The van der Waals surface area contributed by atoms with E-state index >= 15 is 0 Å². The molecule has 2 aliphatic rings. The van der Waals surface area contributed by atoms with Crippen molar-refractivity contribution in [3.63, 3.8) is 0 Å². The van der Waals surface area contributed by atoms with Crippen molar-refractivity contribution in [2.45, 2.75) is 31.7 Å². The minimum atomic E-state index is -0.872. The molecule has 0 radical (unpaired) electrons. The lowest BCUT2D eigenvalue weighted by molar-refractivity contribution is -0.137. The minimum Gasteiger partial charge on any atom is -0.481 e. The van der Waals surface area contributed by atoms with Crippen molar-refractivity contribution in [2.24, 2.45) is 5.92 Å². The van der Waals surface area contributed by atoms with Crippen LogP contribution in [0.4, 0.5) is 4.79 Å². The summed E-state index contributed by atoms with van der Waals surface area (Å²) in [5.41, 5.74) is 0. The zero-order chi connectivity index (χ0) is 13.1. The van der Waals surface area contributed by atoms with Crippen molar-refractivity contribution in [3.8, 4) is 0 Å². The summed E-state index contributed by atoms with van der Waals surface area (Å²) in [4.78, 5) is 26.3. The number of carboxylic acid groups (broad SMARTS) is 1. The molecule has 1 atom stereocenters. The van der Waals surface area contributed by atoms with Crippen molar-refractivity contribution < 1.29 is 19.8 Å². The second-order valence-electron chi connectivity index (χ2n) is 5.13. The molecule has 2 fully saturated rings. The molecule has 6 nitrogen and oxygen atoms in total. The Bertz CT molecular complexity index is 330. The van der Waals surface area contributed by atoms with E-state index in [1.807, 2.05) is 0 Å². The van der Waals surface area contributed by atoms with Gasteiger partial charge in [0.05, 0.1) is 6.42 Å². The number of carbonyl (C=O) groups is 2. The molecule has 0 aromatic heterocycles. The molecule has 6 heteroatoms. The molecule has 0 spiro atoms. The number of aliphatic hydroxyl groups is 1. The molecule has 1 unspecified atom stereocenters. The summed E-state index contributed by atoms with van der Waals surface area (Å²) < 4.78 is 0. The van der Waals surface area contributed by atoms with Gasteiger partial charge in [-0.25, -0.2) is 4.79 Å². The molecule has 0 aromatic rings. The summed E-state index contributed by atoms with van der Waals surface area (Å²) in [7, 11) is 0. The van der Waals surface area contributed by atoms with E-state index < -0.39 is 5.97 Å². The highest BCUT2D eigenvalue weighted by Gasteiger charge is 2.37. The fraction of sp³-hybridized carbons (Fsp3) is 0.833. The SMILES string of the molecule is O=C(O)CCN(C(=O)N1CCC(CO)C1)C1CC1. The first-order valence-corrected chi connectivity index (χ1v) is 6.50. The third kappa shape index (κ3) is 3.13. The molecule has 0 aromatic carbocycles. The van der Waals surface area contributed by atoms with Crippen LogP contribution in [0.5, 0.6) is 0 Å². The number of aliphatic hydroxyl groups excluding tert-OH is 1. The van der Waals surface area contributed by atoms with Crippen LogP contribution in [0.1, 0.15) is 25.7 Å². The van der Waals surface area contributed by atoms with Crippen molar-refractivity contribution in [1.82, 2.24) is 9.80 Å². The predicted octanol–water partition coefficient (Wildman–Crippen LogP) is 0.360.